The summed E-state index contributed by atoms with van der Waals surface area (Å²) in [6, 6.07) is 0. The molecule has 4 heteroatoms. The van der Waals surface area contributed by atoms with Crippen molar-refractivity contribution >= 4 is 5.82 Å². The van der Waals surface area contributed by atoms with Gasteiger partial charge in [-0.15, -0.1) is 0 Å². The maximum absolute atomic E-state index is 5.58. The number of nitrogens with zero attached hydrogens (tertiary/aromatic N) is 2. The van der Waals surface area contributed by atoms with Crippen LogP contribution in [0, 0.1) is 5.92 Å². The van der Waals surface area contributed by atoms with Gasteiger partial charge in [0.2, 0.25) is 0 Å². The van der Waals surface area contributed by atoms with Gasteiger partial charge in [-0.3, -0.25) is 0 Å². The number of fused-ring (bicyclic) bond motifs is 1. The van der Waals surface area contributed by atoms with E-state index < -0.39 is 0 Å². The van der Waals surface area contributed by atoms with Crippen LogP contribution in [0.1, 0.15) is 55.6 Å². The minimum Gasteiger partial charge on any atom is -0.308 e. The normalized spacial score (nSPS) is 27.2. The minimum absolute atomic E-state index is 0.544. The van der Waals surface area contributed by atoms with E-state index in [0.29, 0.717) is 5.92 Å². The third kappa shape index (κ3) is 1.90. The second kappa shape index (κ2) is 4.26. The molecule has 3 N–H and O–H groups in total. The third-order valence-electron chi connectivity index (χ3n) is 4.15. The van der Waals surface area contributed by atoms with Gasteiger partial charge in [-0.2, -0.15) is 0 Å². The van der Waals surface area contributed by atoms with Crippen LogP contribution in [0.3, 0.4) is 0 Å². The van der Waals surface area contributed by atoms with Crippen LogP contribution in [-0.2, 0) is 12.8 Å². The maximum atomic E-state index is 5.58. The summed E-state index contributed by atoms with van der Waals surface area (Å²) in [7, 11) is 0. The van der Waals surface area contributed by atoms with Gasteiger partial charge in [-0.1, -0.05) is 6.92 Å². The van der Waals surface area contributed by atoms with E-state index in [4.69, 9.17) is 10.8 Å². The summed E-state index contributed by atoms with van der Waals surface area (Å²) in [4.78, 5) is 9.40. The van der Waals surface area contributed by atoms with Crippen molar-refractivity contribution in [2.24, 2.45) is 11.8 Å². The Morgan fingerprint density at radius 1 is 1.24 bits per heavy atom. The molecule has 0 radical (unpaired) electrons. The number of nitrogen functional groups attached to an aromatic ring is 1. The van der Waals surface area contributed by atoms with Crippen LogP contribution in [0.5, 0.6) is 0 Å². The molecule has 3 rings (SSSR count). The van der Waals surface area contributed by atoms with Gasteiger partial charge in [0, 0.05) is 17.2 Å². The Morgan fingerprint density at radius 3 is 2.82 bits per heavy atom. The zero-order chi connectivity index (χ0) is 11.8. The van der Waals surface area contributed by atoms with Crippen LogP contribution in [0.15, 0.2) is 0 Å². The largest absolute Gasteiger partial charge is 0.308 e. The summed E-state index contributed by atoms with van der Waals surface area (Å²) in [6.07, 6.45) is 7.09. The third-order valence-corrected chi connectivity index (χ3v) is 4.15. The van der Waals surface area contributed by atoms with Crippen molar-refractivity contribution in [3.63, 3.8) is 0 Å². The highest BCUT2D eigenvalue weighted by Gasteiger charge is 2.27. The van der Waals surface area contributed by atoms with Crippen LogP contribution in [-0.4, -0.2) is 9.97 Å². The lowest BCUT2D eigenvalue weighted by Crippen LogP contribution is -2.15. The average molecular weight is 232 g/mol. The first-order valence-electron chi connectivity index (χ1n) is 6.64. The Hall–Kier alpha value is -1.16. The first-order valence-corrected chi connectivity index (χ1v) is 6.64. The van der Waals surface area contributed by atoms with Crippen LogP contribution < -0.4 is 11.3 Å². The monoisotopic (exact) mass is 232 g/mol. The summed E-state index contributed by atoms with van der Waals surface area (Å²) in [5.74, 6) is 8.81. The standard InChI is InChI=1S/C13H20N4/c1-8-5-6-9(7-8)12-15-11-4-2-3-10(11)13(16-12)17-14/h8-9H,2-7,14H2,1H3,(H,15,16,17). The molecular weight excluding hydrogens is 212 g/mol. The fraction of sp³-hybridized carbons (Fsp3) is 0.692. The van der Waals surface area contributed by atoms with Crippen molar-refractivity contribution < 1.29 is 0 Å². The molecule has 0 spiro atoms. The number of hydrogen-bond donors (Lipinski definition) is 2. The number of nitrogens with two attached hydrogens (primary N) is 1. The highest BCUT2D eigenvalue weighted by atomic mass is 15.3. The zero-order valence-electron chi connectivity index (χ0n) is 10.4. The van der Waals surface area contributed by atoms with E-state index in [-0.39, 0.29) is 0 Å². The van der Waals surface area contributed by atoms with Gasteiger partial charge in [-0.25, -0.2) is 15.8 Å². The highest BCUT2D eigenvalue weighted by molar-refractivity contribution is 5.48. The number of anilines is 1. The molecule has 0 amide bonds. The Labute approximate surface area is 102 Å². The summed E-state index contributed by atoms with van der Waals surface area (Å²) < 4.78 is 0. The molecule has 0 aliphatic heterocycles. The lowest BCUT2D eigenvalue weighted by molar-refractivity contribution is 0.584. The Balaban J connectivity index is 1.95. The Bertz CT molecular complexity index is 430. The smallest absolute Gasteiger partial charge is 0.147 e. The summed E-state index contributed by atoms with van der Waals surface area (Å²) >= 11 is 0. The number of nitrogens with one attached hydrogen (secondary N) is 1. The highest BCUT2D eigenvalue weighted by Crippen LogP contribution is 2.38. The van der Waals surface area contributed by atoms with Crippen molar-refractivity contribution in [3.8, 4) is 0 Å². The maximum Gasteiger partial charge on any atom is 0.147 e. The number of hydrazine groups is 1. The molecule has 2 aliphatic rings. The van der Waals surface area contributed by atoms with Crippen LogP contribution >= 0.6 is 0 Å². The van der Waals surface area contributed by atoms with Gasteiger partial charge in [0.15, 0.2) is 0 Å². The number of aromatic nitrogens is 2. The van der Waals surface area contributed by atoms with Gasteiger partial charge in [0.1, 0.15) is 11.6 Å². The molecule has 1 saturated carbocycles. The van der Waals surface area contributed by atoms with E-state index in [1.54, 1.807) is 0 Å². The fourth-order valence-corrected chi connectivity index (χ4v) is 3.20. The summed E-state index contributed by atoms with van der Waals surface area (Å²) in [6.45, 7) is 2.31. The van der Waals surface area contributed by atoms with Crippen LogP contribution in [0.4, 0.5) is 5.82 Å². The molecule has 0 saturated heterocycles. The Morgan fingerprint density at radius 2 is 2.12 bits per heavy atom. The predicted molar refractivity (Wildman–Crippen MR) is 67.6 cm³/mol. The lowest BCUT2D eigenvalue weighted by atomic mass is 10.1. The lowest BCUT2D eigenvalue weighted by Gasteiger charge is -2.13. The van der Waals surface area contributed by atoms with Gasteiger partial charge in [-0.05, 0) is 44.4 Å². The van der Waals surface area contributed by atoms with E-state index >= 15 is 0 Å². The molecule has 2 atom stereocenters. The molecule has 1 fully saturated rings. The second-order valence-electron chi connectivity index (χ2n) is 5.47. The quantitative estimate of drug-likeness (QED) is 0.606. The van der Waals surface area contributed by atoms with Crippen LogP contribution in [0.2, 0.25) is 0 Å². The van der Waals surface area contributed by atoms with Gasteiger partial charge in [0.05, 0.1) is 0 Å². The molecule has 2 aliphatic carbocycles. The van der Waals surface area contributed by atoms with Crippen molar-refractivity contribution in [2.75, 3.05) is 5.43 Å². The molecule has 92 valence electrons. The van der Waals surface area contributed by atoms with E-state index in [1.807, 2.05) is 0 Å². The SMILES string of the molecule is CC1CCC(c2nc3c(c(NN)n2)CCC3)C1. The fourth-order valence-electron chi connectivity index (χ4n) is 3.20. The molecule has 1 aromatic rings. The minimum atomic E-state index is 0.544. The topological polar surface area (TPSA) is 63.8 Å². The van der Waals surface area contributed by atoms with Gasteiger partial charge >= 0.3 is 0 Å². The second-order valence-corrected chi connectivity index (χ2v) is 5.47. The van der Waals surface area contributed by atoms with E-state index in [2.05, 4.69) is 17.3 Å². The summed E-state index contributed by atoms with van der Waals surface area (Å²) in [5.41, 5.74) is 5.21. The van der Waals surface area contributed by atoms with Crippen molar-refractivity contribution in [2.45, 2.75) is 51.4 Å². The van der Waals surface area contributed by atoms with Crippen molar-refractivity contribution in [1.82, 2.24) is 9.97 Å². The predicted octanol–water partition coefficient (Wildman–Crippen LogP) is 2.15. The molecule has 4 nitrogen and oxygen atoms in total. The molecule has 1 heterocycles. The molecular formula is C13H20N4. The molecule has 2 unspecified atom stereocenters. The van der Waals surface area contributed by atoms with Crippen molar-refractivity contribution in [1.29, 1.82) is 0 Å². The Kier molecular flexibility index (Phi) is 2.74. The zero-order valence-corrected chi connectivity index (χ0v) is 10.4. The van der Waals surface area contributed by atoms with Gasteiger partial charge < -0.3 is 5.43 Å². The van der Waals surface area contributed by atoms with Crippen molar-refractivity contribution in [3.05, 3.63) is 17.1 Å². The van der Waals surface area contributed by atoms with E-state index in [9.17, 15) is 0 Å². The van der Waals surface area contributed by atoms with Crippen LogP contribution in [0.25, 0.3) is 0 Å². The molecule has 1 aromatic heterocycles. The summed E-state index contributed by atoms with van der Waals surface area (Å²) in [5, 5.41) is 0. The van der Waals surface area contributed by atoms with E-state index in [1.165, 1.54) is 36.9 Å². The molecule has 17 heavy (non-hydrogen) atoms. The first kappa shape index (κ1) is 11.0. The molecule has 0 bridgehead atoms. The van der Waals surface area contributed by atoms with E-state index in [0.717, 1.165) is 30.4 Å². The number of rotatable bonds is 2. The number of aryl methyl sites for hydroxylation is 1. The number of hydrogen-bond acceptors (Lipinski definition) is 4. The first-order chi connectivity index (χ1) is 8.28. The van der Waals surface area contributed by atoms with Gasteiger partial charge in [0.25, 0.3) is 0 Å². The molecule has 0 aromatic carbocycles. The average Bonchev–Trinajstić information content (AvgIpc) is 2.95.